The number of hydrogen-bond acceptors (Lipinski definition) is 3. The second-order valence-electron chi connectivity index (χ2n) is 4.81. The molecule has 1 aromatic heterocycles. The third-order valence-corrected chi connectivity index (χ3v) is 5.07. The van der Waals surface area contributed by atoms with Crippen LogP contribution in [-0.2, 0) is 0 Å². The smallest absolute Gasteiger partial charge is 0.179 e. The van der Waals surface area contributed by atoms with Crippen LogP contribution in [0.25, 0.3) is 0 Å². The Balaban J connectivity index is 2.08. The average molecular weight is 363 g/mol. The lowest BCUT2D eigenvalue weighted by atomic mass is 10.1. The summed E-state index contributed by atoms with van der Waals surface area (Å²) in [7, 11) is 1.89. The number of rotatable bonds is 5. The molecule has 6 heteroatoms. The van der Waals surface area contributed by atoms with Crippen LogP contribution < -0.4 is 0 Å². The average Bonchev–Trinajstić information content (AvgIpc) is 2.76. The van der Waals surface area contributed by atoms with E-state index in [0.29, 0.717) is 19.3 Å². The molecule has 2 rings (SSSR count). The van der Waals surface area contributed by atoms with E-state index in [-0.39, 0.29) is 18.4 Å². The van der Waals surface area contributed by atoms with Gasteiger partial charge in [0, 0.05) is 11.1 Å². The van der Waals surface area contributed by atoms with Crippen molar-refractivity contribution in [2.24, 2.45) is 0 Å². The summed E-state index contributed by atoms with van der Waals surface area (Å²) in [4.78, 5) is 14.2. The fourth-order valence-corrected chi connectivity index (χ4v) is 3.70. The summed E-state index contributed by atoms with van der Waals surface area (Å²) in [5, 5.41) is 0.687. The normalized spacial score (nSPS) is 12.7. The lowest BCUT2D eigenvalue weighted by molar-refractivity contribution is 0.0925. The van der Waals surface area contributed by atoms with Crippen LogP contribution in [0.4, 0.5) is 0 Å². The fraction of sp³-hybridized carbons (Fsp3) is 0.267. The monoisotopic (exact) mass is 361 g/mol. The van der Waals surface area contributed by atoms with Gasteiger partial charge in [0.2, 0.25) is 0 Å². The highest BCUT2D eigenvalue weighted by atomic mass is 35.5. The quantitative estimate of drug-likeness (QED) is 0.647. The molecule has 0 N–H and O–H groups in total. The van der Waals surface area contributed by atoms with E-state index in [1.165, 1.54) is 11.3 Å². The number of thiophene rings is 1. The molecule has 0 saturated carbocycles. The van der Waals surface area contributed by atoms with Gasteiger partial charge in [-0.2, -0.15) is 0 Å². The highest BCUT2D eigenvalue weighted by Gasteiger charge is 2.19. The lowest BCUT2D eigenvalue weighted by Crippen LogP contribution is -2.28. The Morgan fingerprint density at radius 1 is 1.29 bits per heavy atom. The number of halogens is 3. The van der Waals surface area contributed by atoms with Crippen LogP contribution in [0.15, 0.2) is 30.3 Å². The summed E-state index contributed by atoms with van der Waals surface area (Å²) in [5.74, 6) is -0.0421. The Kier molecular flexibility index (Phi) is 5.69. The SMILES string of the molecule is CC(c1cccc(Cl)c1)N(C)CC(=O)c1cc(Cl)sc1Cl. The van der Waals surface area contributed by atoms with Gasteiger partial charge in [0.25, 0.3) is 0 Å². The molecule has 1 atom stereocenters. The van der Waals surface area contributed by atoms with Crippen molar-refractivity contribution in [3.05, 3.63) is 55.2 Å². The zero-order valence-corrected chi connectivity index (χ0v) is 14.7. The molecule has 0 radical (unpaired) electrons. The van der Waals surface area contributed by atoms with Gasteiger partial charge >= 0.3 is 0 Å². The van der Waals surface area contributed by atoms with E-state index in [2.05, 4.69) is 0 Å². The fourth-order valence-electron chi connectivity index (χ4n) is 2.00. The molecule has 0 aliphatic heterocycles. The Hall–Kier alpha value is -0.580. The second-order valence-corrected chi connectivity index (χ2v) is 7.53. The van der Waals surface area contributed by atoms with E-state index < -0.39 is 0 Å². The van der Waals surface area contributed by atoms with Crippen LogP contribution in [0.5, 0.6) is 0 Å². The van der Waals surface area contributed by atoms with Crippen molar-refractivity contribution in [1.29, 1.82) is 0 Å². The molecule has 0 amide bonds. The van der Waals surface area contributed by atoms with Gasteiger partial charge < -0.3 is 0 Å². The third-order valence-electron chi connectivity index (χ3n) is 3.34. The predicted molar refractivity (Wildman–Crippen MR) is 91.2 cm³/mol. The highest BCUT2D eigenvalue weighted by molar-refractivity contribution is 7.20. The maximum absolute atomic E-state index is 12.3. The molecular weight excluding hydrogens is 349 g/mol. The van der Waals surface area contributed by atoms with Crippen molar-refractivity contribution in [3.63, 3.8) is 0 Å². The number of ketones is 1. The summed E-state index contributed by atoms with van der Waals surface area (Å²) in [6.45, 7) is 2.29. The Bertz CT molecular complexity index is 656. The first kappa shape index (κ1) is 16.8. The van der Waals surface area contributed by atoms with E-state index in [4.69, 9.17) is 34.8 Å². The Morgan fingerprint density at radius 2 is 2.00 bits per heavy atom. The van der Waals surface area contributed by atoms with E-state index in [9.17, 15) is 4.79 Å². The van der Waals surface area contributed by atoms with Gasteiger partial charge in [-0.25, -0.2) is 0 Å². The van der Waals surface area contributed by atoms with Crippen molar-refractivity contribution in [2.45, 2.75) is 13.0 Å². The molecule has 0 saturated heterocycles. The zero-order chi connectivity index (χ0) is 15.6. The molecule has 21 heavy (non-hydrogen) atoms. The molecule has 1 heterocycles. The Labute approximate surface area is 143 Å². The van der Waals surface area contributed by atoms with Crippen LogP contribution in [0.2, 0.25) is 13.7 Å². The van der Waals surface area contributed by atoms with Gasteiger partial charge in [-0.3, -0.25) is 9.69 Å². The minimum atomic E-state index is -0.0421. The third kappa shape index (κ3) is 4.21. The number of Topliss-reactive ketones (excluding diaryl/α,β-unsaturated/α-hetero) is 1. The van der Waals surface area contributed by atoms with Crippen molar-refractivity contribution in [1.82, 2.24) is 4.90 Å². The molecule has 112 valence electrons. The summed E-state index contributed by atoms with van der Waals surface area (Å²) < 4.78 is 0.961. The van der Waals surface area contributed by atoms with Gasteiger partial charge in [-0.15, -0.1) is 11.3 Å². The first-order chi connectivity index (χ1) is 9.88. The molecule has 0 aliphatic rings. The number of hydrogen-bond donors (Lipinski definition) is 0. The number of carbonyl (C=O) groups excluding carboxylic acids is 1. The largest absolute Gasteiger partial charge is 0.293 e. The zero-order valence-electron chi connectivity index (χ0n) is 11.6. The molecule has 2 aromatic rings. The Morgan fingerprint density at radius 3 is 2.57 bits per heavy atom. The minimum Gasteiger partial charge on any atom is -0.293 e. The number of carbonyl (C=O) groups is 1. The number of nitrogens with zero attached hydrogens (tertiary/aromatic N) is 1. The van der Waals surface area contributed by atoms with Crippen molar-refractivity contribution in [3.8, 4) is 0 Å². The van der Waals surface area contributed by atoms with Gasteiger partial charge in [-0.05, 0) is 37.7 Å². The number of benzene rings is 1. The van der Waals surface area contributed by atoms with Crippen LogP contribution >= 0.6 is 46.1 Å². The molecule has 2 nitrogen and oxygen atoms in total. The van der Waals surface area contributed by atoms with Gasteiger partial charge in [0.05, 0.1) is 16.4 Å². The van der Waals surface area contributed by atoms with Gasteiger partial charge in [0.15, 0.2) is 5.78 Å². The van der Waals surface area contributed by atoms with Crippen molar-refractivity contribution >= 4 is 51.9 Å². The molecular formula is C15H14Cl3NOS. The van der Waals surface area contributed by atoms with E-state index in [1.807, 2.05) is 43.1 Å². The van der Waals surface area contributed by atoms with Crippen LogP contribution in [0.3, 0.4) is 0 Å². The van der Waals surface area contributed by atoms with Crippen molar-refractivity contribution in [2.75, 3.05) is 13.6 Å². The second kappa shape index (κ2) is 7.12. The lowest BCUT2D eigenvalue weighted by Gasteiger charge is -2.24. The highest BCUT2D eigenvalue weighted by Crippen LogP contribution is 2.32. The van der Waals surface area contributed by atoms with Gasteiger partial charge in [-0.1, -0.05) is 46.9 Å². The first-order valence-corrected chi connectivity index (χ1v) is 8.27. The molecule has 0 aliphatic carbocycles. The molecule has 0 spiro atoms. The van der Waals surface area contributed by atoms with Crippen LogP contribution in [-0.4, -0.2) is 24.3 Å². The van der Waals surface area contributed by atoms with Crippen LogP contribution in [0.1, 0.15) is 28.9 Å². The summed E-state index contributed by atoms with van der Waals surface area (Å²) >= 11 is 19.1. The summed E-state index contributed by atoms with van der Waals surface area (Å²) in [5.41, 5.74) is 1.55. The van der Waals surface area contributed by atoms with Crippen LogP contribution in [0, 0.1) is 0 Å². The van der Waals surface area contributed by atoms with E-state index >= 15 is 0 Å². The van der Waals surface area contributed by atoms with Gasteiger partial charge in [0.1, 0.15) is 4.34 Å². The van der Waals surface area contributed by atoms with E-state index in [0.717, 1.165) is 5.56 Å². The summed E-state index contributed by atoms with van der Waals surface area (Å²) in [6.07, 6.45) is 0. The van der Waals surface area contributed by atoms with Crippen molar-refractivity contribution < 1.29 is 4.79 Å². The minimum absolute atomic E-state index is 0.0421. The topological polar surface area (TPSA) is 20.3 Å². The predicted octanol–water partition coefficient (Wildman–Crippen LogP) is 5.58. The standard InChI is InChI=1S/C15H14Cl3NOS/c1-9(10-4-3-5-11(16)6-10)19(2)8-13(20)12-7-14(17)21-15(12)18/h3-7,9H,8H2,1-2H3. The molecule has 0 fully saturated rings. The maximum Gasteiger partial charge on any atom is 0.179 e. The van der Waals surface area contributed by atoms with E-state index in [1.54, 1.807) is 6.07 Å². The summed E-state index contributed by atoms with van der Waals surface area (Å²) in [6, 6.07) is 9.32. The molecule has 1 aromatic carbocycles. The number of likely N-dealkylation sites (N-methyl/N-ethyl adjacent to an activating group) is 1. The first-order valence-electron chi connectivity index (χ1n) is 6.32. The molecule has 1 unspecified atom stereocenters. The molecule has 0 bridgehead atoms. The maximum atomic E-state index is 12.3.